The van der Waals surface area contributed by atoms with Crippen LogP contribution in [0.5, 0.6) is 0 Å². The first-order valence-electron chi connectivity index (χ1n) is 6.52. The SMILES string of the molecule is CS(=O)O.NC(=Nc1ccccc1)NC(=O)c1nc(Cl)c(N)nc1N. The van der Waals surface area contributed by atoms with Crippen LogP contribution in [-0.4, -0.2) is 36.9 Å². The van der Waals surface area contributed by atoms with Gasteiger partial charge in [0.1, 0.15) is 11.1 Å². The Bertz CT molecular complexity index is 798. The van der Waals surface area contributed by atoms with E-state index in [1.807, 2.05) is 6.07 Å². The minimum absolute atomic E-state index is 0.0587. The van der Waals surface area contributed by atoms with Gasteiger partial charge in [-0.05, 0) is 12.1 Å². The van der Waals surface area contributed by atoms with Gasteiger partial charge in [0, 0.05) is 6.26 Å². The molecule has 1 amide bonds. The van der Waals surface area contributed by atoms with E-state index in [0.717, 1.165) is 0 Å². The van der Waals surface area contributed by atoms with E-state index < -0.39 is 17.0 Å². The normalized spacial score (nSPS) is 11.9. The van der Waals surface area contributed by atoms with Crippen molar-refractivity contribution in [3.8, 4) is 0 Å². The van der Waals surface area contributed by atoms with Crippen molar-refractivity contribution in [1.29, 1.82) is 0 Å². The van der Waals surface area contributed by atoms with Gasteiger partial charge in [0.05, 0.1) is 5.69 Å². The van der Waals surface area contributed by atoms with Crippen LogP contribution in [0.3, 0.4) is 0 Å². The smallest absolute Gasteiger partial charge is 0.280 e. The van der Waals surface area contributed by atoms with Crippen molar-refractivity contribution in [2.75, 3.05) is 17.7 Å². The number of para-hydroxylation sites is 1. The van der Waals surface area contributed by atoms with Gasteiger partial charge >= 0.3 is 0 Å². The van der Waals surface area contributed by atoms with Gasteiger partial charge in [-0.1, -0.05) is 29.8 Å². The van der Waals surface area contributed by atoms with E-state index in [0.29, 0.717) is 5.69 Å². The predicted molar refractivity (Wildman–Crippen MR) is 97.8 cm³/mol. The lowest BCUT2D eigenvalue weighted by Crippen LogP contribution is -2.37. The number of nitrogens with zero attached hydrogens (tertiary/aromatic N) is 3. The van der Waals surface area contributed by atoms with Gasteiger partial charge in [-0.15, -0.1) is 0 Å². The van der Waals surface area contributed by atoms with Crippen LogP contribution in [0.1, 0.15) is 10.5 Å². The molecule has 0 bridgehead atoms. The second kappa shape index (κ2) is 9.52. The first-order valence-corrected chi connectivity index (χ1v) is 8.41. The Hall–Kier alpha value is -2.76. The number of aliphatic imine (C=N–C) groups is 1. The second-order valence-corrected chi connectivity index (χ2v) is 5.55. The van der Waals surface area contributed by atoms with Crippen LogP contribution in [0.2, 0.25) is 5.15 Å². The van der Waals surface area contributed by atoms with Crippen LogP contribution in [-0.2, 0) is 11.1 Å². The number of carbonyl (C=O) groups is 1. The molecule has 1 atom stereocenters. The number of hydrogen-bond donors (Lipinski definition) is 5. The molecule has 1 unspecified atom stereocenters. The molecule has 2 rings (SSSR count). The fourth-order valence-electron chi connectivity index (χ4n) is 1.45. The Morgan fingerprint density at radius 3 is 2.36 bits per heavy atom. The van der Waals surface area contributed by atoms with Gasteiger partial charge in [0.25, 0.3) is 5.91 Å². The Balaban J connectivity index is 0.000000705. The highest BCUT2D eigenvalue weighted by Gasteiger charge is 2.16. The van der Waals surface area contributed by atoms with Crippen LogP contribution in [0.15, 0.2) is 35.3 Å². The average molecular weight is 386 g/mol. The molecule has 0 spiro atoms. The van der Waals surface area contributed by atoms with E-state index in [9.17, 15) is 4.79 Å². The van der Waals surface area contributed by atoms with E-state index >= 15 is 0 Å². The largest absolute Gasteiger partial charge is 0.382 e. The first-order chi connectivity index (χ1) is 11.7. The van der Waals surface area contributed by atoms with E-state index in [1.165, 1.54) is 6.26 Å². The van der Waals surface area contributed by atoms with E-state index in [4.69, 9.17) is 37.6 Å². The highest BCUT2D eigenvalue weighted by atomic mass is 35.5. The molecule has 134 valence electrons. The summed E-state index contributed by atoms with van der Waals surface area (Å²) in [5, 5.41) is 2.22. The number of nitrogens with two attached hydrogens (primary N) is 3. The second-order valence-electron chi connectivity index (χ2n) is 4.34. The molecule has 1 aromatic heterocycles. The van der Waals surface area contributed by atoms with Crippen molar-refractivity contribution in [1.82, 2.24) is 15.3 Å². The van der Waals surface area contributed by atoms with E-state index in [1.54, 1.807) is 24.3 Å². The number of rotatable bonds is 2. The molecule has 2 aromatic rings. The van der Waals surface area contributed by atoms with Gasteiger partial charge in [-0.25, -0.2) is 19.2 Å². The Morgan fingerprint density at radius 1 is 1.24 bits per heavy atom. The summed E-state index contributed by atoms with van der Waals surface area (Å²) in [6, 6.07) is 8.87. The summed E-state index contributed by atoms with van der Waals surface area (Å²) in [4.78, 5) is 23.5. The summed E-state index contributed by atoms with van der Waals surface area (Å²) in [6.45, 7) is 0. The van der Waals surface area contributed by atoms with Gasteiger partial charge in [-0.2, -0.15) is 0 Å². The molecule has 0 fully saturated rings. The van der Waals surface area contributed by atoms with Gasteiger partial charge in [0.15, 0.2) is 22.5 Å². The minimum atomic E-state index is -1.61. The number of nitrogens with one attached hydrogen (secondary N) is 1. The molecule has 12 heteroatoms. The molecule has 1 heterocycles. The number of guanidine groups is 1. The van der Waals surface area contributed by atoms with Crippen molar-refractivity contribution >= 4 is 51.9 Å². The van der Waals surface area contributed by atoms with Gasteiger partial charge in [-0.3, -0.25) is 10.1 Å². The zero-order chi connectivity index (χ0) is 19.0. The molecular weight excluding hydrogens is 370 g/mol. The number of aromatic nitrogens is 2. The Kier molecular flexibility index (Phi) is 7.72. The maximum atomic E-state index is 12.0. The summed E-state index contributed by atoms with van der Waals surface area (Å²) in [5.74, 6) is -1.00. The molecule has 1 aromatic carbocycles. The average Bonchev–Trinajstić information content (AvgIpc) is 2.51. The fraction of sp³-hybridized carbons (Fsp3) is 0.0769. The Morgan fingerprint density at radius 2 is 1.80 bits per heavy atom. The lowest BCUT2D eigenvalue weighted by molar-refractivity contribution is 0.0972. The number of benzene rings is 1. The van der Waals surface area contributed by atoms with Crippen molar-refractivity contribution in [3.63, 3.8) is 0 Å². The van der Waals surface area contributed by atoms with E-state index in [-0.39, 0.29) is 28.4 Å². The number of halogens is 1. The first kappa shape index (κ1) is 20.3. The van der Waals surface area contributed by atoms with Crippen LogP contribution >= 0.6 is 11.6 Å². The zero-order valence-electron chi connectivity index (χ0n) is 13.0. The van der Waals surface area contributed by atoms with Crippen molar-refractivity contribution in [3.05, 3.63) is 41.2 Å². The monoisotopic (exact) mass is 385 g/mol. The quantitative estimate of drug-likeness (QED) is 0.281. The lowest BCUT2D eigenvalue weighted by Gasteiger charge is -2.07. The molecule has 8 N–H and O–H groups in total. The van der Waals surface area contributed by atoms with E-state index in [2.05, 4.69) is 20.3 Å². The molecule has 25 heavy (non-hydrogen) atoms. The molecule has 10 nitrogen and oxygen atoms in total. The van der Waals surface area contributed by atoms with Crippen molar-refractivity contribution in [2.24, 2.45) is 10.7 Å². The summed E-state index contributed by atoms with van der Waals surface area (Å²) >= 11 is 4.09. The lowest BCUT2D eigenvalue weighted by atomic mass is 10.3. The Labute approximate surface area is 150 Å². The highest BCUT2D eigenvalue weighted by Crippen LogP contribution is 2.17. The number of hydrogen-bond acceptors (Lipinski definition) is 7. The number of anilines is 2. The van der Waals surface area contributed by atoms with Crippen molar-refractivity contribution < 1.29 is 13.6 Å². The van der Waals surface area contributed by atoms with Crippen LogP contribution in [0.25, 0.3) is 0 Å². The van der Waals surface area contributed by atoms with Crippen LogP contribution in [0.4, 0.5) is 17.3 Å². The third-order valence-electron chi connectivity index (χ3n) is 2.37. The molecule has 0 aliphatic rings. The maximum absolute atomic E-state index is 12.0. The van der Waals surface area contributed by atoms with Crippen molar-refractivity contribution in [2.45, 2.75) is 0 Å². The fourth-order valence-corrected chi connectivity index (χ4v) is 1.58. The van der Waals surface area contributed by atoms with Gasteiger partial charge < -0.3 is 21.8 Å². The van der Waals surface area contributed by atoms with Crippen LogP contribution in [0, 0.1) is 0 Å². The molecule has 0 aliphatic carbocycles. The standard InChI is InChI=1S/C12H12ClN7O.CH4O2S/c13-8-10(15)19-9(14)7(18-8)11(21)20-12(16)17-6-4-2-1-3-5-6;1-4(2)3/h1-5H,(H4,14,15,19)(H3,16,17,20,21);1H3,(H,2,3). The third kappa shape index (κ3) is 7.12. The maximum Gasteiger partial charge on any atom is 0.280 e. The molecule has 0 saturated heterocycles. The van der Waals surface area contributed by atoms with Crippen LogP contribution < -0.4 is 22.5 Å². The molecule has 0 aliphatic heterocycles. The molecule has 0 saturated carbocycles. The summed E-state index contributed by atoms with van der Waals surface area (Å²) < 4.78 is 16.6. The predicted octanol–water partition coefficient (Wildman–Crippen LogP) is 0.509. The topological polar surface area (TPSA) is 183 Å². The zero-order valence-corrected chi connectivity index (χ0v) is 14.6. The number of carbonyl (C=O) groups excluding carboxylic acids is 1. The molecular formula is C13H16ClN7O3S. The summed E-state index contributed by atoms with van der Waals surface area (Å²) in [5.41, 5.74) is 17.0. The minimum Gasteiger partial charge on any atom is -0.382 e. The summed E-state index contributed by atoms with van der Waals surface area (Å²) in [6.07, 6.45) is 1.19. The van der Waals surface area contributed by atoms with Gasteiger partial charge in [0.2, 0.25) is 5.96 Å². The molecule has 0 radical (unpaired) electrons. The number of amides is 1. The summed E-state index contributed by atoms with van der Waals surface area (Å²) in [7, 11) is 0. The number of nitrogen functional groups attached to an aromatic ring is 2. The third-order valence-corrected chi connectivity index (χ3v) is 2.65. The highest BCUT2D eigenvalue weighted by molar-refractivity contribution is 7.78.